The Morgan fingerprint density at radius 1 is 0.508 bits per heavy atom. The monoisotopic (exact) mass is 858 g/mol. The molecule has 0 spiro atoms. The van der Waals surface area contributed by atoms with Gasteiger partial charge >= 0.3 is 11.9 Å². The number of hydrogen-bond acceptors (Lipinski definition) is 8. The average Bonchev–Trinajstić information content (AvgIpc) is 3.19. The predicted molar refractivity (Wildman–Crippen MR) is 245 cm³/mol. The Morgan fingerprint density at radius 3 is 1.25 bits per heavy atom. The summed E-state index contributed by atoms with van der Waals surface area (Å²) in [7, 11) is 1.17. The molecular formula is C49H96NO8P. The van der Waals surface area contributed by atoms with E-state index in [1.165, 1.54) is 154 Å². The van der Waals surface area contributed by atoms with Gasteiger partial charge in [0.2, 0.25) is 0 Å². The fraction of sp³-hybridized carbons (Fsp3) is 0.918. The molecule has 2 atom stereocenters. The minimum absolute atomic E-state index is 0.0291. The fourth-order valence-corrected chi connectivity index (χ4v) is 7.85. The Balaban J connectivity index is 4.22. The first-order chi connectivity index (χ1) is 28.5. The van der Waals surface area contributed by atoms with Gasteiger partial charge in [-0.3, -0.25) is 14.2 Å². The van der Waals surface area contributed by atoms with Gasteiger partial charge in [-0.05, 0) is 38.5 Å². The summed E-state index contributed by atoms with van der Waals surface area (Å²) in [5, 5.41) is 0. The number of ether oxygens (including phenoxy) is 2. The van der Waals surface area contributed by atoms with E-state index in [1.807, 2.05) is 21.1 Å². The third-order valence-electron chi connectivity index (χ3n) is 11.0. The molecule has 1 unspecified atom stereocenters. The second-order valence-corrected chi connectivity index (χ2v) is 19.6. The zero-order chi connectivity index (χ0) is 43.6. The van der Waals surface area contributed by atoms with Gasteiger partial charge in [0.25, 0.3) is 7.82 Å². The maximum absolute atomic E-state index is 12.7. The number of carbonyl (C=O) groups is 2. The van der Waals surface area contributed by atoms with Crippen LogP contribution in [0.15, 0.2) is 12.2 Å². The molecule has 0 heterocycles. The highest BCUT2D eigenvalue weighted by Gasteiger charge is 2.21. The number of rotatable bonds is 46. The largest absolute Gasteiger partial charge is 0.756 e. The van der Waals surface area contributed by atoms with E-state index in [2.05, 4.69) is 26.0 Å². The molecule has 0 aliphatic rings. The van der Waals surface area contributed by atoms with Crippen LogP contribution in [0.2, 0.25) is 0 Å². The van der Waals surface area contributed by atoms with Crippen molar-refractivity contribution in [1.29, 1.82) is 0 Å². The first-order valence-electron chi connectivity index (χ1n) is 24.9. The summed E-state index contributed by atoms with van der Waals surface area (Å²) in [6, 6.07) is 0. The third-order valence-corrected chi connectivity index (χ3v) is 12.0. The van der Waals surface area contributed by atoms with Gasteiger partial charge in [0.05, 0.1) is 27.7 Å². The Labute approximate surface area is 365 Å². The summed E-state index contributed by atoms with van der Waals surface area (Å²) in [5.41, 5.74) is 0. The van der Waals surface area contributed by atoms with Crippen LogP contribution in [0.25, 0.3) is 0 Å². The summed E-state index contributed by atoms with van der Waals surface area (Å²) < 4.78 is 34.0. The first-order valence-corrected chi connectivity index (χ1v) is 26.4. The topological polar surface area (TPSA) is 111 Å². The lowest BCUT2D eigenvalue weighted by molar-refractivity contribution is -0.870. The molecule has 0 N–H and O–H groups in total. The molecule has 0 fully saturated rings. The van der Waals surface area contributed by atoms with Gasteiger partial charge in [0, 0.05) is 12.8 Å². The number of carbonyl (C=O) groups excluding carboxylic acids is 2. The minimum atomic E-state index is -4.62. The maximum atomic E-state index is 12.7. The molecule has 0 radical (unpaired) electrons. The Bertz CT molecular complexity index is 1020. The average molecular weight is 858 g/mol. The standard InChI is InChI=1S/C49H96NO8P/c1-6-8-10-12-14-16-18-20-22-23-24-25-26-28-29-31-33-35-37-39-41-48(51)55-45-47(46-57-59(53,54)56-44-43-50(3,4)5)58-49(52)42-40-38-36-34-32-30-27-21-19-17-15-13-11-9-7-2/h21,27,47H,6-20,22-26,28-46H2,1-5H3/b27-21+/t47-/m1/s1. The molecule has 0 aliphatic heterocycles. The molecule has 0 bridgehead atoms. The van der Waals surface area contributed by atoms with Crippen molar-refractivity contribution in [1.82, 2.24) is 0 Å². The van der Waals surface area contributed by atoms with E-state index in [1.54, 1.807) is 0 Å². The van der Waals surface area contributed by atoms with E-state index in [0.29, 0.717) is 17.4 Å². The van der Waals surface area contributed by atoms with Crippen molar-refractivity contribution in [2.45, 2.75) is 245 Å². The van der Waals surface area contributed by atoms with Crippen molar-refractivity contribution < 1.29 is 42.1 Å². The lowest BCUT2D eigenvalue weighted by Gasteiger charge is -2.28. The minimum Gasteiger partial charge on any atom is -0.756 e. The zero-order valence-corrected chi connectivity index (χ0v) is 40.4. The fourth-order valence-electron chi connectivity index (χ4n) is 7.12. The molecule has 0 aliphatic carbocycles. The maximum Gasteiger partial charge on any atom is 0.306 e. The Morgan fingerprint density at radius 2 is 0.864 bits per heavy atom. The van der Waals surface area contributed by atoms with Crippen LogP contribution in [0, 0.1) is 0 Å². The van der Waals surface area contributed by atoms with Crippen LogP contribution in [-0.4, -0.2) is 70.0 Å². The van der Waals surface area contributed by atoms with Gasteiger partial charge in [-0.15, -0.1) is 0 Å². The quantitative estimate of drug-likeness (QED) is 0.0196. The van der Waals surface area contributed by atoms with E-state index in [9.17, 15) is 19.0 Å². The molecule has 0 aromatic carbocycles. The van der Waals surface area contributed by atoms with E-state index in [-0.39, 0.29) is 32.0 Å². The number of esters is 2. The molecule has 9 nitrogen and oxygen atoms in total. The van der Waals surface area contributed by atoms with Gasteiger partial charge in [-0.25, -0.2) is 0 Å². The van der Waals surface area contributed by atoms with Gasteiger partial charge in [-0.1, -0.05) is 199 Å². The second kappa shape index (κ2) is 42.1. The van der Waals surface area contributed by atoms with Crippen molar-refractivity contribution in [3.05, 3.63) is 12.2 Å². The van der Waals surface area contributed by atoms with Gasteiger partial charge in [-0.2, -0.15) is 0 Å². The molecule has 0 amide bonds. The highest BCUT2D eigenvalue weighted by Crippen LogP contribution is 2.38. The number of allylic oxidation sites excluding steroid dienone is 2. The number of hydrogen-bond donors (Lipinski definition) is 0. The molecule has 0 aromatic rings. The molecule has 0 rings (SSSR count). The number of phosphoric ester groups is 1. The van der Waals surface area contributed by atoms with Crippen LogP contribution in [0.3, 0.4) is 0 Å². The molecule has 0 aromatic heterocycles. The van der Waals surface area contributed by atoms with Crippen molar-refractivity contribution in [2.75, 3.05) is 47.5 Å². The first kappa shape index (κ1) is 57.8. The number of phosphoric acid groups is 1. The third kappa shape index (κ3) is 46.1. The van der Waals surface area contributed by atoms with Crippen LogP contribution >= 0.6 is 7.82 Å². The van der Waals surface area contributed by atoms with E-state index < -0.39 is 26.5 Å². The predicted octanol–water partition coefficient (Wildman–Crippen LogP) is 13.9. The van der Waals surface area contributed by atoms with Crippen molar-refractivity contribution in [2.24, 2.45) is 0 Å². The van der Waals surface area contributed by atoms with Crippen LogP contribution in [0.1, 0.15) is 239 Å². The summed E-state index contributed by atoms with van der Waals surface area (Å²) in [6.07, 6.45) is 45.2. The molecule has 0 saturated carbocycles. The number of unbranched alkanes of at least 4 members (excludes halogenated alkanes) is 30. The van der Waals surface area contributed by atoms with Crippen molar-refractivity contribution in [3.63, 3.8) is 0 Å². The SMILES string of the molecule is CCCCCCCC/C=C/CCCCCCCC(=O)O[C@H](COC(=O)CCCCCCCCCCCCCCCCCCCCCC)COP(=O)([O-])OCC[N+](C)(C)C. The normalized spacial score (nSPS) is 13.5. The lowest BCUT2D eigenvalue weighted by Crippen LogP contribution is -2.37. The summed E-state index contributed by atoms with van der Waals surface area (Å²) in [5.74, 6) is -0.830. The lowest BCUT2D eigenvalue weighted by atomic mass is 10.0. The second-order valence-electron chi connectivity index (χ2n) is 18.2. The van der Waals surface area contributed by atoms with Gasteiger partial charge in [0.15, 0.2) is 6.10 Å². The summed E-state index contributed by atoms with van der Waals surface area (Å²) in [4.78, 5) is 37.6. The van der Waals surface area contributed by atoms with Crippen LogP contribution in [0.5, 0.6) is 0 Å². The smallest absolute Gasteiger partial charge is 0.306 e. The Hall–Kier alpha value is -1.25. The van der Waals surface area contributed by atoms with Gasteiger partial charge in [0.1, 0.15) is 19.8 Å². The van der Waals surface area contributed by atoms with Crippen LogP contribution in [-0.2, 0) is 32.7 Å². The van der Waals surface area contributed by atoms with Crippen LogP contribution < -0.4 is 4.89 Å². The highest BCUT2D eigenvalue weighted by atomic mass is 31.2. The molecule has 0 saturated heterocycles. The van der Waals surface area contributed by atoms with E-state index in [4.69, 9.17) is 18.5 Å². The van der Waals surface area contributed by atoms with Crippen LogP contribution in [0.4, 0.5) is 0 Å². The highest BCUT2D eigenvalue weighted by molar-refractivity contribution is 7.45. The number of likely N-dealkylation sites (N-methyl/N-ethyl adjacent to an activating group) is 1. The van der Waals surface area contributed by atoms with E-state index >= 15 is 0 Å². The molecule has 10 heteroatoms. The number of nitrogens with zero attached hydrogens (tertiary/aromatic N) is 1. The summed E-state index contributed by atoms with van der Waals surface area (Å²) >= 11 is 0. The molecular weight excluding hydrogens is 762 g/mol. The molecule has 350 valence electrons. The zero-order valence-electron chi connectivity index (χ0n) is 39.5. The van der Waals surface area contributed by atoms with Crippen molar-refractivity contribution in [3.8, 4) is 0 Å². The Kier molecular flexibility index (Phi) is 41.2. The van der Waals surface area contributed by atoms with E-state index in [0.717, 1.165) is 51.4 Å². The number of quaternary nitrogens is 1. The summed E-state index contributed by atoms with van der Waals surface area (Å²) in [6.45, 7) is 4.26. The molecule has 59 heavy (non-hydrogen) atoms. The van der Waals surface area contributed by atoms with Gasteiger partial charge < -0.3 is 27.9 Å². The van der Waals surface area contributed by atoms with Crippen molar-refractivity contribution >= 4 is 19.8 Å².